The predicted octanol–water partition coefficient (Wildman–Crippen LogP) is 3.61. The Labute approximate surface area is 140 Å². The molecular weight excluding hydrogens is 288 g/mol. The molecule has 0 aromatic heterocycles. The van der Waals surface area contributed by atoms with Crippen LogP contribution in [-0.2, 0) is 0 Å². The van der Waals surface area contributed by atoms with E-state index in [0.29, 0.717) is 23.4 Å². The summed E-state index contributed by atoms with van der Waals surface area (Å²) in [6.45, 7) is 11.5. The quantitative estimate of drug-likeness (QED) is 0.643. The number of ether oxygens (including phenoxy) is 1. The van der Waals surface area contributed by atoms with Crippen LogP contribution in [0.3, 0.4) is 0 Å². The van der Waals surface area contributed by atoms with Gasteiger partial charge in [-0.15, -0.1) is 0 Å². The third-order valence-corrected chi connectivity index (χ3v) is 4.29. The van der Waals surface area contributed by atoms with Crippen LogP contribution < -0.4 is 10.5 Å². The molecule has 0 spiro atoms. The van der Waals surface area contributed by atoms with Gasteiger partial charge in [-0.3, -0.25) is 4.79 Å². The largest absolute Gasteiger partial charge is 0.489 e. The maximum atomic E-state index is 12.4. The Morgan fingerprint density at radius 1 is 1.30 bits per heavy atom. The van der Waals surface area contributed by atoms with Gasteiger partial charge in [-0.1, -0.05) is 13.8 Å². The highest BCUT2D eigenvalue weighted by molar-refractivity contribution is 5.97. The first kappa shape index (κ1) is 17.8. The van der Waals surface area contributed by atoms with E-state index in [4.69, 9.17) is 10.5 Å². The van der Waals surface area contributed by atoms with Crippen LogP contribution in [0.15, 0.2) is 18.2 Å². The summed E-state index contributed by atoms with van der Waals surface area (Å²) in [6.07, 6.45) is 1.91. The van der Waals surface area contributed by atoms with Crippen molar-refractivity contribution in [1.29, 1.82) is 0 Å². The number of ketones is 1. The van der Waals surface area contributed by atoms with Crippen molar-refractivity contribution in [3.8, 4) is 5.75 Å². The highest BCUT2D eigenvalue weighted by atomic mass is 16.5. The number of rotatable bonds is 6. The fourth-order valence-electron chi connectivity index (χ4n) is 3.46. The highest BCUT2D eigenvalue weighted by Crippen LogP contribution is 2.25. The fourth-order valence-corrected chi connectivity index (χ4v) is 3.46. The van der Waals surface area contributed by atoms with Gasteiger partial charge in [0.05, 0.1) is 11.8 Å². The molecule has 23 heavy (non-hydrogen) atoms. The topological polar surface area (TPSA) is 55.6 Å². The van der Waals surface area contributed by atoms with Crippen LogP contribution in [0, 0.1) is 11.8 Å². The molecule has 1 fully saturated rings. The number of nitrogen functional groups attached to an aromatic ring is 1. The molecule has 0 amide bonds. The van der Waals surface area contributed by atoms with Crippen molar-refractivity contribution < 1.29 is 9.53 Å². The Hall–Kier alpha value is -1.55. The van der Waals surface area contributed by atoms with Crippen LogP contribution in [0.25, 0.3) is 0 Å². The molecule has 1 aromatic carbocycles. The normalized spacial score (nSPS) is 22.3. The minimum absolute atomic E-state index is 0.0712. The SMILES string of the molecule is CC1CC(C)CN(CCC(=O)c2ccc(OC(C)C)c(N)c2)C1. The van der Waals surface area contributed by atoms with E-state index >= 15 is 0 Å². The number of benzene rings is 1. The lowest BCUT2D eigenvalue weighted by atomic mass is 9.91. The van der Waals surface area contributed by atoms with Gasteiger partial charge >= 0.3 is 0 Å². The summed E-state index contributed by atoms with van der Waals surface area (Å²) in [6, 6.07) is 5.35. The Kier molecular flexibility index (Phi) is 6.05. The third-order valence-electron chi connectivity index (χ3n) is 4.29. The van der Waals surface area contributed by atoms with Crippen molar-refractivity contribution in [2.24, 2.45) is 11.8 Å². The summed E-state index contributed by atoms with van der Waals surface area (Å²) in [5.74, 6) is 2.24. The fraction of sp³-hybridized carbons (Fsp3) is 0.632. The van der Waals surface area contributed by atoms with Crippen molar-refractivity contribution in [2.75, 3.05) is 25.4 Å². The molecule has 0 radical (unpaired) electrons. The van der Waals surface area contributed by atoms with Gasteiger partial charge in [-0.2, -0.15) is 0 Å². The number of hydrogen-bond donors (Lipinski definition) is 1. The summed E-state index contributed by atoms with van der Waals surface area (Å²) >= 11 is 0. The zero-order chi connectivity index (χ0) is 17.0. The second kappa shape index (κ2) is 7.82. The molecule has 4 heteroatoms. The van der Waals surface area contributed by atoms with Crippen LogP contribution in [0.2, 0.25) is 0 Å². The standard InChI is InChI=1S/C19H30N2O2/c1-13(2)23-19-6-5-16(10-17(19)20)18(22)7-8-21-11-14(3)9-15(4)12-21/h5-6,10,13-15H,7-9,11-12,20H2,1-4H3. The summed E-state index contributed by atoms with van der Waals surface area (Å²) in [5, 5.41) is 0. The molecule has 2 unspecified atom stereocenters. The van der Waals surface area contributed by atoms with E-state index in [-0.39, 0.29) is 11.9 Å². The van der Waals surface area contributed by atoms with E-state index in [0.717, 1.165) is 31.5 Å². The van der Waals surface area contributed by atoms with E-state index in [2.05, 4.69) is 18.7 Å². The first-order valence-electron chi connectivity index (χ1n) is 8.67. The van der Waals surface area contributed by atoms with Gasteiger partial charge in [0, 0.05) is 31.6 Å². The Morgan fingerprint density at radius 2 is 1.96 bits per heavy atom. The minimum Gasteiger partial charge on any atom is -0.489 e. The van der Waals surface area contributed by atoms with Crippen LogP contribution in [0.4, 0.5) is 5.69 Å². The number of carbonyl (C=O) groups excluding carboxylic acids is 1. The van der Waals surface area contributed by atoms with Gasteiger partial charge in [0.25, 0.3) is 0 Å². The van der Waals surface area contributed by atoms with Gasteiger partial charge < -0.3 is 15.4 Å². The maximum Gasteiger partial charge on any atom is 0.164 e. The average Bonchev–Trinajstić information content (AvgIpc) is 2.45. The molecule has 128 valence electrons. The number of likely N-dealkylation sites (tertiary alicyclic amines) is 1. The second-order valence-electron chi connectivity index (χ2n) is 7.30. The first-order chi connectivity index (χ1) is 10.8. The first-order valence-corrected chi connectivity index (χ1v) is 8.67. The lowest BCUT2D eigenvalue weighted by Crippen LogP contribution is -2.39. The number of nitrogens with two attached hydrogens (primary N) is 1. The molecule has 1 aromatic rings. The molecule has 1 saturated heterocycles. The van der Waals surface area contributed by atoms with Crippen LogP contribution in [0.5, 0.6) is 5.75 Å². The zero-order valence-corrected chi connectivity index (χ0v) is 14.8. The van der Waals surface area contributed by atoms with E-state index in [1.54, 1.807) is 12.1 Å². The molecule has 2 N–H and O–H groups in total. The molecule has 0 saturated carbocycles. The molecule has 1 heterocycles. The van der Waals surface area contributed by atoms with Crippen molar-refractivity contribution >= 4 is 11.5 Å². The second-order valence-corrected chi connectivity index (χ2v) is 7.30. The van der Waals surface area contributed by atoms with Crippen LogP contribution in [0.1, 0.15) is 50.9 Å². The minimum atomic E-state index is 0.0712. The van der Waals surface area contributed by atoms with E-state index < -0.39 is 0 Å². The number of Topliss-reactive ketones (excluding diaryl/α,β-unsaturated/α-hetero) is 1. The molecule has 1 aliphatic heterocycles. The van der Waals surface area contributed by atoms with Crippen molar-refractivity contribution in [2.45, 2.75) is 46.6 Å². The average molecular weight is 318 g/mol. The molecule has 0 aliphatic carbocycles. The van der Waals surface area contributed by atoms with Crippen molar-refractivity contribution in [3.63, 3.8) is 0 Å². The van der Waals surface area contributed by atoms with Crippen LogP contribution >= 0.6 is 0 Å². The van der Waals surface area contributed by atoms with E-state index in [9.17, 15) is 4.79 Å². The number of nitrogens with zero attached hydrogens (tertiary/aromatic N) is 1. The number of carbonyl (C=O) groups is 1. The summed E-state index contributed by atoms with van der Waals surface area (Å²) in [5.41, 5.74) is 7.20. The van der Waals surface area contributed by atoms with Gasteiger partial charge in [-0.25, -0.2) is 0 Å². The lowest BCUT2D eigenvalue weighted by Gasteiger charge is -2.34. The molecule has 2 atom stereocenters. The van der Waals surface area contributed by atoms with Gasteiger partial charge in [0.2, 0.25) is 0 Å². The monoisotopic (exact) mass is 318 g/mol. The molecular formula is C19H30N2O2. The van der Waals surface area contributed by atoms with E-state index in [1.165, 1.54) is 6.42 Å². The molecule has 1 aliphatic rings. The molecule has 0 bridgehead atoms. The summed E-state index contributed by atoms with van der Waals surface area (Å²) < 4.78 is 5.61. The predicted molar refractivity (Wildman–Crippen MR) is 95.0 cm³/mol. The Bertz CT molecular complexity index is 532. The summed E-state index contributed by atoms with van der Waals surface area (Å²) in [7, 11) is 0. The number of anilines is 1. The van der Waals surface area contributed by atoms with Crippen molar-refractivity contribution in [1.82, 2.24) is 4.90 Å². The number of piperidine rings is 1. The molecule has 4 nitrogen and oxygen atoms in total. The molecule has 2 rings (SSSR count). The van der Waals surface area contributed by atoms with Gasteiger partial charge in [-0.05, 0) is 50.3 Å². The summed E-state index contributed by atoms with van der Waals surface area (Å²) in [4.78, 5) is 14.8. The smallest absolute Gasteiger partial charge is 0.164 e. The van der Waals surface area contributed by atoms with Crippen molar-refractivity contribution in [3.05, 3.63) is 23.8 Å². The maximum absolute atomic E-state index is 12.4. The Balaban J connectivity index is 1.91. The Morgan fingerprint density at radius 3 is 2.52 bits per heavy atom. The van der Waals surface area contributed by atoms with Crippen LogP contribution in [-0.4, -0.2) is 36.4 Å². The van der Waals surface area contributed by atoms with Gasteiger partial charge in [0.15, 0.2) is 5.78 Å². The number of hydrogen-bond acceptors (Lipinski definition) is 4. The lowest BCUT2D eigenvalue weighted by molar-refractivity contribution is 0.0926. The highest BCUT2D eigenvalue weighted by Gasteiger charge is 2.22. The van der Waals surface area contributed by atoms with Gasteiger partial charge in [0.1, 0.15) is 5.75 Å². The van der Waals surface area contributed by atoms with E-state index in [1.807, 2.05) is 19.9 Å². The third kappa shape index (κ3) is 5.24. The zero-order valence-electron chi connectivity index (χ0n) is 14.8.